The second-order valence-corrected chi connectivity index (χ2v) is 11.0. The van der Waals surface area contributed by atoms with E-state index in [9.17, 15) is 14.7 Å². The summed E-state index contributed by atoms with van der Waals surface area (Å²) in [5.74, 6) is 1.11. The number of hydrogen-bond acceptors (Lipinski definition) is 8. The zero-order chi connectivity index (χ0) is 28.3. The molecule has 0 saturated carbocycles. The molecule has 214 valence electrons. The molecule has 4 rings (SSSR count). The Kier molecular flexibility index (Phi) is 10.8. The average molecular weight is 567 g/mol. The molecule has 1 aromatic heterocycles. The molecular formula is C29H38N6O4S. The number of phenols is 1. The maximum atomic E-state index is 13.2. The molecule has 0 saturated heterocycles. The number of ether oxygens (including phenoxy) is 1. The molecular weight excluding hydrogens is 528 g/mol. The first kappa shape index (κ1) is 29.4. The lowest BCUT2D eigenvalue weighted by atomic mass is 10.1. The molecule has 3 aromatic rings. The fraction of sp³-hybridized carbons (Fsp3) is 0.448. The Morgan fingerprint density at radius 1 is 1.15 bits per heavy atom. The highest BCUT2D eigenvalue weighted by Gasteiger charge is 2.22. The third kappa shape index (κ3) is 8.72. The maximum absolute atomic E-state index is 13.2. The zero-order valence-corrected chi connectivity index (χ0v) is 24.0. The molecule has 1 atom stereocenters. The lowest BCUT2D eigenvalue weighted by Gasteiger charge is -2.22. The highest BCUT2D eigenvalue weighted by Crippen LogP contribution is 2.19. The summed E-state index contributed by atoms with van der Waals surface area (Å²) in [6.45, 7) is 5.36. The molecule has 4 bridgehead atoms. The third-order valence-corrected chi connectivity index (χ3v) is 7.37. The molecule has 2 aromatic carbocycles. The van der Waals surface area contributed by atoms with Crippen molar-refractivity contribution in [1.29, 1.82) is 0 Å². The number of phenolic OH excluding ortho intramolecular Hbond substituents is 1. The lowest BCUT2D eigenvalue weighted by molar-refractivity contribution is -0.123. The van der Waals surface area contributed by atoms with Crippen LogP contribution in [0.5, 0.6) is 11.5 Å². The minimum absolute atomic E-state index is 0.190. The standard InChI is InChI=1S/C29H38N6O4S/c1-21-8-9-25-17-26(21)28(37)31-27(10-15-40-2)29(38)30-11-4-12-34(18-22-6-3-7-24(36)16-22)19-23-20-35(33-32-23)13-5-14-39-25/h3,6-9,16-17,20,27,36H,4-5,10-15,18-19H2,1-2H3,(H,30,38)(H,31,37)/t27-/m0/s1. The van der Waals surface area contributed by atoms with Crippen LogP contribution in [0.25, 0.3) is 0 Å². The zero-order valence-electron chi connectivity index (χ0n) is 23.1. The van der Waals surface area contributed by atoms with Crippen LogP contribution in [0, 0.1) is 6.92 Å². The van der Waals surface area contributed by atoms with Gasteiger partial charge in [0.15, 0.2) is 0 Å². The first-order valence-electron chi connectivity index (χ1n) is 13.6. The number of thioether (sulfide) groups is 1. The van der Waals surface area contributed by atoms with E-state index in [1.54, 1.807) is 30.0 Å². The number of hydrogen-bond donors (Lipinski definition) is 3. The number of aromatic nitrogens is 3. The van der Waals surface area contributed by atoms with E-state index in [4.69, 9.17) is 4.74 Å². The van der Waals surface area contributed by atoms with Gasteiger partial charge in [0.2, 0.25) is 5.91 Å². The number of carbonyl (C=O) groups excluding carboxylic acids is 2. The van der Waals surface area contributed by atoms with Crippen molar-refractivity contribution >= 4 is 23.6 Å². The summed E-state index contributed by atoms with van der Waals surface area (Å²) in [7, 11) is 0. The van der Waals surface area contributed by atoms with E-state index in [-0.39, 0.29) is 17.6 Å². The van der Waals surface area contributed by atoms with Crippen molar-refractivity contribution in [2.45, 2.75) is 51.9 Å². The quantitative estimate of drug-likeness (QED) is 0.431. The summed E-state index contributed by atoms with van der Waals surface area (Å²) in [4.78, 5) is 28.6. The van der Waals surface area contributed by atoms with Crippen LogP contribution in [-0.2, 0) is 24.4 Å². The second-order valence-electron chi connectivity index (χ2n) is 9.98. The summed E-state index contributed by atoms with van der Waals surface area (Å²) >= 11 is 1.64. The van der Waals surface area contributed by atoms with Crippen LogP contribution < -0.4 is 15.4 Å². The molecule has 0 fully saturated rings. The number of nitrogens with one attached hydrogen (secondary N) is 2. The fourth-order valence-electron chi connectivity index (χ4n) is 4.61. The van der Waals surface area contributed by atoms with Gasteiger partial charge in [-0.2, -0.15) is 11.8 Å². The van der Waals surface area contributed by atoms with E-state index < -0.39 is 6.04 Å². The number of fused-ring (bicyclic) bond motifs is 4. The van der Waals surface area contributed by atoms with Gasteiger partial charge in [0, 0.05) is 50.9 Å². The second kappa shape index (κ2) is 14.7. The largest absolute Gasteiger partial charge is 0.508 e. The van der Waals surface area contributed by atoms with Crippen molar-refractivity contribution in [2.24, 2.45) is 0 Å². The Morgan fingerprint density at radius 3 is 2.85 bits per heavy atom. The normalized spacial score (nSPS) is 17.9. The first-order chi connectivity index (χ1) is 19.4. The summed E-state index contributed by atoms with van der Waals surface area (Å²) < 4.78 is 7.75. The average Bonchev–Trinajstić information content (AvgIpc) is 3.38. The highest BCUT2D eigenvalue weighted by atomic mass is 32.2. The molecule has 2 heterocycles. The van der Waals surface area contributed by atoms with Gasteiger partial charge in [0.05, 0.1) is 12.3 Å². The van der Waals surface area contributed by atoms with Gasteiger partial charge in [-0.05, 0) is 67.2 Å². The van der Waals surface area contributed by atoms with Gasteiger partial charge in [0.1, 0.15) is 17.5 Å². The van der Waals surface area contributed by atoms with E-state index in [2.05, 4.69) is 25.8 Å². The van der Waals surface area contributed by atoms with Crippen LogP contribution >= 0.6 is 11.8 Å². The van der Waals surface area contributed by atoms with Crippen LogP contribution in [0.2, 0.25) is 0 Å². The molecule has 3 N–H and O–H groups in total. The van der Waals surface area contributed by atoms with E-state index >= 15 is 0 Å². The Bertz CT molecular complexity index is 1280. The minimum Gasteiger partial charge on any atom is -0.508 e. The summed E-state index contributed by atoms with van der Waals surface area (Å²) in [6, 6.07) is 12.0. The van der Waals surface area contributed by atoms with Gasteiger partial charge in [0.25, 0.3) is 5.91 Å². The molecule has 1 aliphatic rings. The van der Waals surface area contributed by atoms with Crippen LogP contribution in [0.4, 0.5) is 0 Å². The Morgan fingerprint density at radius 2 is 2.02 bits per heavy atom. The van der Waals surface area contributed by atoms with Crippen molar-refractivity contribution in [2.75, 3.05) is 31.7 Å². The molecule has 0 radical (unpaired) electrons. The van der Waals surface area contributed by atoms with E-state index in [1.165, 1.54) is 0 Å². The summed E-state index contributed by atoms with van der Waals surface area (Å²) in [6.07, 6.45) is 5.90. The van der Waals surface area contributed by atoms with Gasteiger partial charge in [-0.1, -0.05) is 23.4 Å². The molecule has 2 amide bonds. The Hall–Kier alpha value is -3.57. The predicted molar refractivity (Wildman–Crippen MR) is 155 cm³/mol. The van der Waals surface area contributed by atoms with Crippen molar-refractivity contribution in [1.82, 2.24) is 30.5 Å². The van der Waals surface area contributed by atoms with Gasteiger partial charge >= 0.3 is 0 Å². The monoisotopic (exact) mass is 566 g/mol. The van der Waals surface area contributed by atoms with Gasteiger partial charge in [-0.25, -0.2) is 0 Å². The number of benzene rings is 2. The topological polar surface area (TPSA) is 122 Å². The molecule has 1 aliphatic heterocycles. The molecule has 10 nitrogen and oxygen atoms in total. The first-order valence-corrected chi connectivity index (χ1v) is 15.0. The molecule has 40 heavy (non-hydrogen) atoms. The minimum atomic E-state index is -0.632. The Balaban J connectivity index is 1.51. The maximum Gasteiger partial charge on any atom is 0.252 e. The Labute approximate surface area is 239 Å². The third-order valence-electron chi connectivity index (χ3n) is 6.73. The SMILES string of the molecule is CSCC[C@@H]1NC(=O)c2cc(ccc2C)OCCCn2cc(nn2)CN(Cc2cccc(O)c2)CCCNC1=O. The van der Waals surface area contributed by atoms with Crippen molar-refractivity contribution in [3.63, 3.8) is 0 Å². The van der Waals surface area contributed by atoms with E-state index in [0.29, 0.717) is 63.5 Å². The summed E-state index contributed by atoms with van der Waals surface area (Å²) in [5, 5.41) is 24.5. The number of amides is 2. The smallest absolute Gasteiger partial charge is 0.252 e. The molecule has 0 aliphatic carbocycles. The highest BCUT2D eigenvalue weighted by molar-refractivity contribution is 7.98. The fourth-order valence-corrected chi connectivity index (χ4v) is 5.08. The van der Waals surface area contributed by atoms with E-state index in [1.807, 2.05) is 48.3 Å². The molecule has 0 spiro atoms. The van der Waals surface area contributed by atoms with Crippen molar-refractivity contribution in [3.8, 4) is 11.5 Å². The van der Waals surface area contributed by atoms with Gasteiger partial charge in [-0.15, -0.1) is 5.10 Å². The van der Waals surface area contributed by atoms with E-state index in [0.717, 1.165) is 29.0 Å². The van der Waals surface area contributed by atoms with Gasteiger partial charge in [-0.3, -0.25) is 19.2 Å². The lowest BCUT2D eigenvalue weighted by Crippen LogP contribution is -2.47. The number of aryl methyl sites for hydroxylation is 2. The van der Waals surface area contributed by atoms with Crippen molar-refractivity contribution < 1.29 is 19.4 Å². The number of nitrogens with zero attached hydrogens (tertiary/aromatic N) is 4. The predicted octanol–water partition coefficient (Wildman–Crippen LogP) is 3.13. The number of rotatable bonds is 5. The molecule has 0 unspecified atom stereocenters. The number of aromatic hydroxyl groups is 1. The van der Waals surface area contributed by atoms with Crippen LogP contribution in [-0.4, -0.2) is 74.6 Å². The van der Waals surface area contributed by atoms with Crippen molar-refractivity contribution in [3.05, 3.63) is 71.0 Å². The number of carbonyl (C=O) groups is 2. The van der Waals surface area contributed by atoms with Crippen LogP contribution in [0.15, 0.2) is 48.7 Å². The molecule has 11 heteroatoms. The summed E-state index contributed by atoms with van der Waals surface area (Å²) in [5.41, 5.74) is 3.15. The van der Waals surface area contributed by atoms with Crippen LogP contribution in [0.3, 0.4) is 0 Å². The van der Waals surface area contributed by atoms with Gasteiger partial charge < -0.3 is 20.5 Å². The van der Waals surface area contributed by atoms with Crippen LogP contribution in [0.1, 0.15) is 46.4 Å².